The molecule has 10 heteroatoms. The van der Waals surface area contributed by atoms with Gasteiger partial charge in [0.15, 0.2) is 23.4 Å². The predicted octanol–water partition coefficient (Wildman–Crippen LogP) is 5.02. The Bertz CT molecular complexity index is 1500. The minimum Gasteiger partial charge on any atom is -0.504 e. The van der Waals surface area contributed by atoms with E-state index in [0.29, 0.717) is 18.6 Å². The highest BCUT2D eigenvalue weighted by atomic mass is 35.5. The van der Waals surface area contributed by atoms with Crippen LogP contribution in [0.2, 0.25) is 0 Å². The topological polar surface area (TPSA) is 134 Å². The van der Waals surface area contributed by atoms with Crippen LogP contribution in [0.3, 0.4) is 0 Å². The van der Waals surface area contributed by atoms with Gasteiger partial charge in [-0.2, -0.15) is 0 Å². The summed E-state index contributed by atoms with van der Waals surface area (Å²) in [5.41, 5.74) is 3.72. The van der Waals surface area contributed by atoms with E-state index in [0.717, 1.165) is 85.7 Å². The number of phenolic OH excluding ortho intramolecular Hbond substituents is 1. The van der Waals surface area contributed by atoms with E-state index in [2.05, 4.69) is 48.0 Å². The second kappa shape index (κ2) is 14.3. The number of ketones is 1. The van der Waals surface area contributed by atoms with Gasteiger partial charge in [0.05, 0.1) is 17.1 Å². The number of para-hydroxylation sites is 1. The molecule has 2 aromatic carbocycles. The molecule has 3 heterocycles. The highest BCUT2D eigenvalue weighted by molar-refractivity contribution is 5.96. The van der Waals surface area contributed by atoms with Gasteiger partial charge in [-0.15, -0.1) is 12.4 Å². The van der Waals surface area contributed by atoms with E-state index in [1.54, 1.807) is 6.07 Å². The molecule has 264 valence electrons. The number of unbranched alkanes of at least 4 members (excludes halogenated alkanes) is 1. The van der Waals surface area contributed by atoms with Gasteiger partial charge in [0.1, 0.15) is 0 Å². The molecule has 2 bridgehead atoms. The summed E-state index contributed by atoms with van der Waals surface area (Å²) in [6.45, 7) is 10.4. The lowest BCUT2D eigenvalue weighted by atomic mass is 9.49. The number of likely N-dealkylation sites (tertiary alicyclic amines) is 2. The number of carbonyl (C=O) groups excluding carboxylic acids is 2. The second-order valence-corrected chi connectivity index (χ2v) is 14.9. The number of phenols is 1. The molecule has 2 aromatic rings. The van der Waals surface area contributed by atoms with Gasteiger partial charge >= 0.3 is 0 Å². The molecule has 1 spiro atoms. The molecule has 2 saturated carbocycles. The Morgan fingerprint density at radius 3 is 2.50 bits per heavy atom. The summed E-state index contributed by atoms with van der Waals surface area (Å²) in [7, 11) is 0. The first-order chi connectivity index (χ1) is 22.2. The van der Waals surface area contributed by atoms with Crippen molar-refractivity contribution < 1.29 is 30.0 Å². The van der Waals surface area contributed by atoms with Gasteiger partial charge in [-0.1, -0.05) is 44.0 Å². The fraction of sp³-hybridized carbons (Fsp3) is 0.632. The number of rotatable bonds is 7. The Hall–Kier alpha value is -2.69. The lowest BCUT2D eigenvalue weighted by molar-refractivity contribution is -0.188. The molecular formula is C38H54ClN3O6. The van der Waals surface area contributed by atoms with Gasteiger partial charge in [0.25, 0.3) is 0 Å². The van der Waals surface area contributed by atoms with Crippen LogP contribution in [-0.4, -0.2) is 87.1 Å². The van der Waals surface area contributed by atoms with Gasteiger partial charge in [-0.25, -0.2) is 0 Å². The van der Waals surface area contributed by atoms with E-state index in [4.69, 9.17) is 4.74 Å². The van der Waals surface area contributed by atoms with Crippen molar-refractivity contribution in [3.8, 4) is 11.5 Å². The zero-order valence-electron chi connectivity index (χ0n) is 28.7. The number of hydrogen-bond donors (Lipinski definition) is 3. The van der Waals surface area contributed by atoms with Crippen LogP contribution in [0.5, 0.6) is 11.5 Å². The first-order valence-corrected chi connectivity index (χ1v) is 17.8. The lowest BCUT2D eigenvalue weighted by Gasteiger charge is -2.62. The molecule has 5 atom stereocenters. The standard InChI is InChI=1S/C20H23NO4.C18H28N2O.ClH.H2O/c22-13-4-3-12-9-15-20(24)6-5-14(23)18-19(20,16(12)17(13)25-18)7-8-21(15)10-11-1-2-11;1-4-5-12-20-13-7-6-11-16(20)18(21)19-17-14(2)9-8-10-15(17)3;;/h3-4,11,15,18,22,24H,1-2,5-10H2;8-10,16H,4-7,11-13H2,1-3H3,(H,19,21);1H;1H2/t15-,18+,19+,20-;;;/m1.../s1. The van der Waals surface area contributed by atoms with Crippen molar-refractivity contribution in [1.82, 2.24) is 9.80 Å². The minimum absolute atomic E-state index is 0. The molecule has 5 N–H and O–H groups in total. The summed E-state index contributed by atoms with van der Waals surface area (Å²) in [4.78, 5) is 30.3. The van der Waals surface area contributed by atoms with E-state index >= 15 is 0 Å². The third-order valence-corrected chi connectivity index (χ3v) is 12.0. The molecule has 3 aliphatic heterocycles. The molecule has 1 unspecified atom stereocenters. The van der Waals surface area contributed by atoms with E-state index in [9.17, 15) is 19.8 Å². The Labute approximate surface area is 291 Å². The molecule has 0 aromatic heterocycles. The summed E-state index contributed by atoms with van der Waals surface area (Å²) in [6, 6.07) is 9.88. The Morgan fingerprint density at radius 1 is 1.04 bits per heavy atom. The van der Waals surface area contributed by atoms with Crippen LogP contribution in [0.4, 0.5) is 5.69 Å². The third-order valence-electron chi connectivity index (χ3n) is 12.0. The maximum Gasteiger partial charge on any atom is 0.241 e. The summed E-state index contributed by atoms with van der Waals surface area (Å²) in [6.07, 6.45) is 10.0. The van der Waals surface area contributed by atoms with Crippen molar-refractivity contribution in [3.05, 3.63) is 52.6 Å². The summed E-state index contributed by atoms with van der Waals surface area (Å²) < 4.78 is 6.04. The number of amides is 1. The molecule has 9 nitrogen and oxygen atoms in total. The highest BCUT2D eigenvalue weighted by Gasteiger charge is 2.73. The Kier molecular flexibility index (Phi) is 10.9. The van der Waals surface area contributed by atoms with Gasteiger partial charge in [-0.05, 0) is 114 Å². The number of carbonyl (C=O) groups is 2. The Morgan fingerprint density at radius 2 is 1.79 bits per heavy atom. The zero-order valence-corrected chi connectivity index (χ0v) is 29.5. The predicted molar refractivity (Wildman–Crippen MR) is 189 cm³/mol. The van der Waals surface area contributed by atoms with Crippen molar-refractivity contribution in [3.63, 3.8) is 0 Å². The van der Waals surface area contributed by atoms with E-state index < -0.39 is 17.1 Å². The lowest BCUT2D eigenvalue weighted by Crippen LogP contribution is -2.76. The number of halogens is 1. The van der Waals surface area contributed by atoms with Crippen LogP contribution in [0.15, 0.2) is 30.3 Å². The van der Waals surface area contributed by atoms with Crippen LogP contribution < -0.4 is 10.1 Å². The molecule has 3 aliphatic carbocycles. The number of hydrogen-bond acceptors (Lipinski definition) is 7. The fourth-order valence-corrected chi connectivity index (χ4v) is 9.40. The summed E-state index contributed by atoms with van der Waals surface area (Å²) in [5.74, 6) is 1.56. The maximum absolute atomic E-state index is 12.7. The van der Waals surface area contributed by atoms with E-state index in [1.807, 2.05) is 12.1 Å². The molecule has 6 aliphatic rings. The number of aryl methyl sites for hydroxylation is 2. The van der Waals surface area contributed by atoms with Crippen LogP contribution in [0.25, 0.3) is 0 Å². The van der Waals surface area contributed by atoms with Crippen molar-refractivity contribution >= 4 is 29.8 Å². The highest BCUT2D eigenvalue weighted by Crippen LogP contribution is 2.64. The number of nitrogens with zero attached hydrogens (tertiary/aromatic N) is 2. The van der Waals surface area contributed by atoms with Crippen LogP contribution >= 0.6 is 12.4 Å². The van der Waals surface area contributed by atoms with Gasteiger partial charge < -0.3 is 25.7 Å². The molecule has 1 amide bonds. The third kappa shape index (κ3) is 6.04. The molecule has 0 radical (unpaired) electrons. The van der Waals surface area contributed by atoms with Crippen molar-refractivity contribution in [1.29, 1.82) is 0 Å². The largest absolute Gasteiger partial charge is 0.504 e. The second-order valence-electron chi connectivity index (χ2n) is 14.9. The van der Waals surface area contributed by atoms with Gasteiger partial charge in [0.2, 0.25) is 5.91 Å². The fourth-order valence-electron chi connectivity index (χ4n) is 9.40. The summed E-state index contributed by atoms with van der Waals surface area (Å²) >= 11 is 0. The Balaban J connectivity index is 0.000000184. The number of piperidine rings is 2. The molecule has 4 fully saturated rings. The van der Waals surface area contributed by atoms with E-state index in [-0.39, 0.29) is 47.4 Å². The first-order valence-electron chi connectivity index (χ1n) is 17.8. The van der Waals surface area contributed by atoms with Crippen molar-refractivity contribution in [2.24, 2.45) is 5.92 Å². The molecule has 48 heavy (non-hydrogen) atoms. The van der Waals surface area contributed by atoms with Crippen molar-refractivity contribution in [2.45, 2.75) is 121 Å². The minimum atomic E-state index is -0.940. The first kappa shape index (κ1) is 36.6. The van der Waals surface area contributed by atoms with Gasteiger partial charge in [-0.3, -0.25) is 19.4 Å². The number of benzene rings is 2. The summed E-state index contributed by atoms with van der Waals surface area (Å²) in [5, 5.41) is 25.5. The maximum atomic E-state index is 12.7. The quantitative estimate of drug-likeness (QED) is 0.373. The molecule has 2 saturated heterocycles. The number of ether oxygens (including phenoxy) is 1. The normalized spacial score (nSPS) is 30.1. The number of anilines is 1. The molecular weight excluding hydrogens is 630 g/mol. The van der Waals surface area contributed by atoms with Gasteiger partial charge in [0, 0.05) is 30.3 Å². The van der Waals surface area contributed by atoms with Crippen molar-refractivity contribution in [2.75, 3.05) is 31.5 Å². The smallest absolute Gasteiger partial charge is 0.241 e. The van der Waals surface area contributed by atoms with E-state index in [1.165, 1.54) is 32.1 Å². The van der Waals surface area contributed by atoms with Crippen LogP contribution in [0.1, 0.15) is 93.4 Å². The average Bonchev–Trinajstić information content (AvgIpc) is 3.79. The SMILES string of the molecule is CCCCN1CCCCC1C(=O)Nc1c(C)cccc1C.Cl.O.O=C1CC[C@@]2(O)[C@H]3Cc4ccc(O)c5c4[C@@]2(CCN3CC2CC2)[C@H]1O5. The zero-order chi connectivity index (χ0) is 32.2. The number of nitrogens with one attached hydrogen (secondary N) is 1. The van der Waals surface area contributed by atoms with Crippen LogP contribution in [0, 0.1) is 19.8 Å². The van der Waals surface area contributed by atoms with Crippen LogP contribution in [-0.2, 0) is 21.4 Å². The number of Topliss-reactive ketones (excluding diaryl/α,β-unsaturated/α-hetero) is 1. The average molecular weight is 684 g/mol. The number of aromatic hydroxyl groups is 1. The number of aliphatic hydroxyl groups is 1. The molecule has 8 rings (SSSR count). The monoisotopic (exact) mass is 683 g/mol.